The van der Waals surface area contributed by atoms with Gasteiger partial charge in [0.2, 0.25) is 0 Å². The third kappa shape index (κ3) is 14.7. The molecular weight excluding hydrogens is 420 g/mol. The predicted octanol–water partition coefficient (Wildman–Crippen LogP) is 9.25. The number of rotatable bonds is 22. The maximum absolute atomic E-state index is 12.2. The smallest absolute Gasteiger partial charge is 0.306 e. The van der Waals surface area contributed by atoms with Gasteiger partial charge in [-0.25, -0.2) is 0 Å². The Bertz CT molecular complexity index is 609. The molecule has 0 bridgehead atoms. The van der Waals surface area contributed by atoms with Gasteiger partial charge in [-0.2, -0.15) is 0 Å². The summed E-state index contributed by atoms with van der Waals surface area (Å²) in [4.78, 5) is 12.2. The van der Waals surface area contributed by atoms with E-state index in [1.165, 1.54) is 64.2 Å². The van der Waals surface area contributed by atoms with Gasteiger partial charge in [-0.1, -0.05) is 116 Å². The normalized spacial score (nSPS) is 11.1. The standard InChI is InChI=1S/C31H54O3/c1-4-7-10-11-12-13-14-15-16-17-18-19-24-34-30(32)23-22-27-25-28(20-8-5-2)31(33)29(26-27)21-9-6-3/h25-26,33H,4-24H2,1-3H3. The summed E-state index contributed by atoms with van der Waals surface area (Å²) in [6.45, 7) is 7.16. The van der Waals surface area contributed by atoms with Crippen molar-refractivity contribution >= 4 is 5.97 Å². The van der Waals surface area contributed by atoms with Crippen LogP contribution in [-0.4, -0.2) is 17.7 Å². The molecule has 0 radical (unpaired) electrons. The summed E-state index contributed by atoms with van der Waals surface area (Å²) in [5.74, 6) is 0.376. The van der Waals surface area contributed by atoms with Gasteiger partial charge in [0, 0.05) is 6.42 Å². The summed E-state index contributed by atoms with van der Waals surface area (Å²) in [5.41, 5.74) is 3.22. The average Bonchev–Trinajstić information content (AvgIpc) is 2.84. The van der Waals surface area contributed by atoms with Crippen LogP contribution in [0.2, 0.25) is 0 Å². The molecule has 0 unspecified atom stereocenters. The minimum absolute atomic E-state index is 0.0960. The molecule has 0 saturated heterocycles. The van der Waals surface area contributed by atoms with Crippen LogP contribution in [0.25, 0.3) is 0 Å². The zero-order valence-electron chi connectivity index (χ0n) is 22.8. The van der Waals surface area contributed by atoms with Gasteiger partial charge in [0.1, 0.15) is 5.75 Å². The molecule has 0 saturated carbocycles. The summed E-state index contributed by atoms with van der Waals surface area (Å²) in [6, 6.07) is 4.19. The Labute approximate surface area is 211 Å². The van der Waals surface area contributed by atoms with Crippen LogP contribution in [0.5, 0.6) is 5.75 Å². The summed E-state index contributed by atoms with van der Waals surface area (Å²) < 4.78 is 5.48. The molecule has 0 spiro atoms. The number of phenolic OH excluding ortho intramolecular Hbond substituents is 1. The Morgan fingerprint density at radius 3 is 1.56 bits per heavy atom. The highest BCUT2D eigenvalue weighted by Gasteiger charge is 2.11. The van der Waals surface area contributed by atoms with Gasteiger partial charge >= 0.3 is 5.97 Å². The predicted molar refractivity (Wildman–Crippen MR) is 146 cm³/mol. The molecule has 1 aromatic carbocycles. The van der Waals surface area contributed by atoms with E-state index in [9.17, 15) is 9.90 Å². The lowest BCUT2D eigenvalue weighted by Gasteiger charge is -2.13. The first-order valence-electron chi connectivity index (χ1n) is 14.6. The Kier molecular flexibility index (Phi) is 18.7. The SMILES string of the molecule is CCCCCCCCCCCCCCOC(=O)CCc1cc(CCCC)c(O)c(CCCC)c1. The molecule has 0 aliphatic rings. The van der Waals surface area contributed by atoms with Crippen LogP contribution in [0.15, 0.2) is 12.1 Å². The molecule has 3 nitrogen and oxygen atoms in total. The third-order valence-corrected chi connectivity index (χ3v) is 6.81. The van der Waals surface area contributed by atoms with Crippen LogP contribution >= 0.6 is 0 Å². The van der Waals surface area contributed by atoms with E-state index in [2.05, 4.69) is 32.9 Å². The topological polar surface area (TPSA) is 46.5 Å². The van der Waals surface area contributed by atoms with E-state index in [1.807, 2.05) is 0 Å². The average molecular weight is 475 g/mol. The van der Waals surface area contributed by atoms with E-state index in [0.29, 0.717) is 25.2 Å². The number of unbranched alkanes of at least 4 members (excludes halogenated alkanes) is 13. The van der Waals surface area contributed by atoms with E-state index in [1.54, 1.807) is 0 Å². The Morgan fingerprint density at radius 1 is 0.647 bits per heavy atom. The molecule has 1 N–H and O–H groups in total. The lowest BCUT2D eigenvalue weighted by molar-refractivity contribution is -0.143. The Balaban J connectivity index is 2.20. The lowest BCUT2D eigenvalue weighted by Crippen LogP contribution is -2.07. The van der Waals surface area contributed by atoms with Crippen molar-refractivity contribution in [3.05, 3.63) is 28.8 Å². The fourth-order valence-electron chi connectivity index (χ4n) is 4.54. The van der Waals surface area contributed by atoms with Gasteiger partial charge < -0.3 is 9.84 Å². The zero-order valence-corrected chi connectivity index (χ0v) is 22.8. The first-order valence-corrected chi connectivity index (χ1v) is 14.6. The number of benzene rings is 1. The molecule has 3 heteroatoms. The summed E-state index contributed by atoms with van der Waals surface area (Å²) in [5, 5.41) is 10.6. The van der Waals surface area contributed by atoms with E-state index in [4.69, 9.17) is 4.74 Å². The number of hydrogen-bond acceptors (Lipinski definition) is 3. The second kappa shape index (κ2) is 20.8. The highest BCUT2D eigenvalue weighted by Crippen LogP contribution is 2.28. The molecule has 196 valence electrons. The molecule has 0 aliphatic heterocycles. The Morgan fingerprint density at radius 2 is 1.09 bits per heavy atom. The number of carbonyl (C=O) groups is 1. The largest absolute Gasteiger partial charge is 0.507 e. The highest BCUT2D eigenvalue weighted by atomic mass is 16.5. The quantitative estimate of drug-likeness (QED) is 0.134. The van der Waals surface area contributed by atoms with E-state index >= 15 is 0 Å². The number of aryl methyl sites for hydroxylation is 3. The number of carbonyl (C=O) groups excluding carboxylic acids is 1. The van der Waals surface area contributed by atoms with Gasteiger partial charge in [0.05, 0.1) is 6.61 Å². The van der Waals surface area contributed by atoms with Crippen LogP contribution < -0.4 is 0 Å². The number of esters is 1. The van der Waals surface area contributed by atoms with Gasteiger partial charge in [-0.15, -0.1) is 0 Å². The van der Waals surface area contributed by atoms with Crippen molar-refractivity contribution in [3.63, 3.8) is 0 Å². The lowest BCUT2D eigenvalue weighted by atomic mass is 9.95. The van der Waals surface area contributed by atoms with E-state index < -0.39 is 0 Å². The van der Waals surface area contributed by atoms with Crippen molar-refractivity contribution in [2.75, 3.05) is 6.61 Å². The molecular formula is C31H54O3. The van der Waals surface area contributed by atoms with Crippen LogP contribution in [-0.2, 0) is 28.8 Å². The van der Waals surface area contributed by atoms with Crippen molar-refractivity contribution in [1.29, 1.82) is 0 Å². The second-order valence-electron chi connectivity index (χ2n) is 10.1. The third-order valence-electron chi connectivity index (χ3n) is 6.81. The van der Waals surface area contributed by atoms with Crippen molar-refractivity contribution in [3.8, 4) is 5.75 Å². The number of aromatic hydroxyl groups is 1. The van der Waals surface area contributed by atoms with Crippen molar-refractivity contribution in [1.82, 2.24) is 0 Å². The van der Waals surface area contributed by atoms with E-state index in [0.717, 1.165) is 68.1 Å². The summed E-state index contributed by atoms with van der Waals surface area (Å²) in [6.07, 6.45) is 23.0. The minimum Gasteiger partial charge on any atom is -0.507 e. The van der Waals surface area contributed by atoms with Crippen LogP contribution in [0.3, 0.4) is 0 Å². The molecule has 1 aromatic rings. The molecule has 1 rings (SSSR count). The molecule has 0 amide bonds. The second-order valence-corrected chi connectivity index (χ2v) is 10.1. The zero-order chi connectivity index (χ0) is 24.9. The molecule has 0 aliphatic carbocycles. The molecule has 0 atom stereocenters. The van der Waals surface area contributed by atoms with Crippen molar-refractivity contribution in [2.45, 2.75) is 149 Å². The maximum atomic E-state index is 12.2. The summed E-state index contributed by atoms with van der Waals surface area (Å²) >= 11 is 0. The fourth-order valence-corrected chi connectivity index (χ4v) is 4.54. The number of ether oxygens (including phenoxy) is 1. The molecule has 0 aromatic heterocycles. The number of hydrogen-bond donors (Lipinski definition) is 1. The molecule has 34 heavy (non-hydrogen) atoms. The number of phenols is 1. The maximum Gasteiger partial charge on any atom is 0.306 e. The highest BCUT2D eigenvalue weighted by molar-refractivity contribution is 5.69. The molecule has 0 fully saturated rings. The van der Waals surface area contributed by atoms with Gasteiger partial charge in [-0.05, 0) is 55.2 Å². The monoisotopic (exact) mass is 474 g/mol. The van der Waals surface area contributed by atoms with Crippen LogP contribution in [0, 0.1) is 0 Å². The first kappa shape index (κ1) is 30.5. The van der Waals surface area contributed by atoms with Gasteiger partial charge in [-0.3, -0.25) is 4.79 Å². The van der Waals surface area contributed by atoms with Crippen LogP contribution in [0.4, 0.5) is 0 Å². The van der Waals surface area contributed by atoms with E-state index in [-0.39, 0.29) is 5.97 Å². The first-order chi connectivity index (χ1) is 16.6. The van der Waals surface area contributed by atoms with Gasteiger partial charge in [0.15, 0.2) is 0 Å². The van der Waals surface area contributed by atoms with Crippen molar-refractivity contribution < 1.29 is 14.6 Å². The minimum atomic E-state index is -0.0960. The Hall–Kier alpha value is -1.51. The molecule has 0 heterocycles. The van der Waals surface area contributed by atoms with Gasteiger partial charge in [0.25, 0.3) is 0 Å². The van der Waals surface area contributed by atoms with Crippen LogP contribution in [0.1, 0.15) is 147 Å². The fraction of sp³-hybridized carbons (Fsp3) is 0.774. The summed E-state index contributed by atoms with van der Waals surface area (Å²) in [7, 11) is 0. The van der Waals surface area contributed by atoms with Crippen molar-refractivity contribution in [2.24, 2.45) is 0 Å².